The van der Waals surface area contributed by atoms with Crippen LogP contribution in [0.2, 0.25) is 0 Å². The van der Waals surface area contributed by atoms with Crippen LogP contribution in [0.4, 0.5) is 4.79 Å². The minimum absolute atomic E-state index is 0.0747. The summed E-state index contributed by atoms with van der Waals surface area (Å²) in [7, 11) is 0. The maximum absolute atomic E-state index is 11.4. The quantitative estimate of drug-likeness (QED) is 0.644. The van der Waals surface area contributed by atoms with Crippen LogP contribution >= 0.6 is 0 Å². The van der Waals surface area contributed by atoms with Crippen LogP contribution in [-0.2, 0) is 9.47 Å². The summed E-state index contributed by atoms with van der Waals surface area (Å²) in [6, 6.07) is 0. The van der Waals surface area contributed by atoms with Crippen LogP contribution in [0, 0.1) is 0 Å². The fraction of sp³-hybridized carbons (Fsp3) is 0.800. The summed E-state index contributed by atoms with van der Waals surface area (Å²) in [4.78, 5) is 13.6. The highest BCUT2D eigenvalue weighted by molar-refractivity contribution is 5.71. The average Bonchev–Trinajstić information content (AvgIpc) is 2.61. The smallest absolute Gasteiger partial charge is 0.430 e. The third-order valence-corrected chi connectivity index (χ3v) is 2.68. The fourth-order valence-electron chi connectivity index (χ4n) is 1.91. The zero-order chi connectivity index (χ0) is 11.4. The van der Waals surface area contributed by atoms with E-state index in [1.54, 1.807) is 13.1 Å². The molecule has 0 aromatic rings. The summed E-state index contributed by atoms with van der Waals surface area (Å²) in [5.74, 6) is 0. The van der Waals surface area contributed by atoms with E-state index in [4.69, 9.17) is 9.47 Å². The van der Waals surface area contributed by atoms with Crippen LogP contribution in [0.5, 0.6) is 0 Å². The first-order valence-corrected chi connectivity index (χ1v) is 5.56. The van der Waals surface area contributed by atoms with Crippen LogP contribution in [0.15, 0.2) is 5.10 Å². The number of amides is 1. The van der Waals surface area contributed by atoms with Crippen molar-refractivity contribution in [2.24, 2.45) is 5.10 Å². The van der Waals surface area contributed by atoms with Gasteiger partial charge in [-0.3, -0.25) is 4.90 Å². The molecule has 2 rings (SSSR count). The number of hydrogen-bond donors (Lipinski definition) is 0. The van der Waals surface area contributed by atoms with E-state index in [2.05, 4.69) is 10.0 Å². The number of carbonyl (C=O) groups is 1. The Morgan fingerprint density at radius 3 is 2.94 bits per heavy atom. The van der Waals surface area contributed by atoms with Crippen molar-refractivity contribution in [3.05, 3.63) is 0 Å². The topological polar surface area (TPSA) is 54.4 Å². The van der Waals surface area contributed by atoms with Crippen LogP contribution in [0.25, 0.3) is 0 Å². The van der Waals surface area contributed by atoms with Crippen molar-refractivity contribution < 1.29 is 14.3 Å². The molecule has 0 aliphatic carbocycles. The normalized spacial score (nSPS) is 27.7. The highest BCUT2D eigenvalue weighted by Gasteiger charge is 2.32. The summed E-state index contributed by atoms with van der Waals surface area (Å²) in [6.45, 7) is 6.43. The highest BCUT2D eigenvalue weighted by atomic mass is 16.6. The third kappa shape index (κ3) is 2.70. The molecule has 0 N–H and O–H groups in total. The van der Waals surface area contributed by atoms with E-state index in [0.717, 1.165) is 32.8 Å². The van der Waals surface area contributed by atoms with Gasteiger partial charge in [0.25, 0.3) is 0 Å². The molecule has 1 amide bonds. The number of morpholine rings is 1. The standard InChI is InChI=1S/C10H17N3O3/c1-2-11-13-8-9(16-10(13)14)7-12-3-5-15-6-4-12/h2,9H,3-8H2,1H3. The van der Waals surface area contributed by atoms with Crippen molar-refractivity contribution in [2.45, 2.75) is 13.0 Å². The van der Waals surface area contributed by atoms with Gasteiger partial charge in [0, 0.05) is 25.8 Å². The Balaban J connectivity index is 1.81. The van der Waals surface area contributed by atoms with Gasteiger partial charge in [0.1, 0.15) is 6.10 Å². The van der Waals surface area contributed by atoms with Gasteiger partial charge in [0.15, 0.2) is 0 Å². The molecular weight excluding hydrogens is 210 g/mol. The number of hydrogen-bond acceptors (Lipinski definition) is 5. The van der Waals surface area contributed by atoms with Crippen molar-refractivity contribution in [1.29, 1.82) is 0 Å². The van der Waals surface area contributed by atoms with Crippen molar-refractivity contribution in [2.75, 3.05) is 39.4 Å². The van der Waals surface area contributed by atoms with Crippen LogP contribution < -0.4 is 0 Å². The molecule has 2 heterocycles. The molecule has 0 aromatic heterocycles. The van der Waals surface area contributed by atoms with Gasteiger partial charge in [0.2, 0.25) is 0 Å². The van der Waals surface area contributed by atoms with Gasteiger partial charge in [-0.2, -0.15) is 10.1 Å². The molecule has 0 spiro atoms. The first-order valence-electron chi connectivity index (χ1n) is 5.56. The predicted molar refractivity (Wildman–Crippen MR) is 58.4 cm³/mol. The number of carbonyl (C=O) groups excluding carboxylic acids is 1. The molecule has 0 saturated carbocycles. The molecule has 6 nitrogen and oxygen atoms in total. The minimum atomic E-state index is -0.351. The number of cyclic esters (lactones) is 1. The first kappa shape index (κ1) is 11.3. The fourth-order valence-corrected chi connectivity index (χ4v) is 1.91. The Morgan fingerprint density at radius 2 is 2.25 bits per heavy atom. The Hall–Kier alpha value is -1.14. The molecule has 0 aromatic carbocycles. The predicted octanol–water partition coefficient (Wildman–Crippen LogP) is 0.145. The number of ether oxygens (including phenoxy) is 2. The summed E-state index contributed by atoms with van der Waals surface area (Å²) in [6.07, 6.45) is 1.17. The third-order valence-electron chi connectivity index (χ3n) is 2.68. The molecule has 6 heteroatoms. The van der Waals surface area contributed by atoms with Crippen molar-refractivity contribution in [3.63, 3.8) is 0 Å². The first-order chi connectivity index (χ1) is 7.79. The molecule has 2 saturated heterocycles. The lowest BCUT2D eigenvalue weighted by Crippen LogP contribution is -2.41. The maximum atomic E-state index is 11.4. The van der Waals surface area contributed by atoms with Crippen LogP contribution in [-0.4, -0.2) is 67.7 Å². The van der Waals surface area contributed by atoms with Crippen molar-refractivity contribution in [3.8, 4) is 0 Å². The van der Waals surface area contributed by atoms with Crippen molar-refractivity contribution >= 4 is 12.3 Å². The van der Waals surface area contributed by atoms with Crippen molar-refractivity contribution in [1.82, 2.24) is 9.91 Å². The molecular formula is C10H17N3O3. The monoisotopic (exact) mass is 227 g/mol. The number of nitrogens with zero attached hydrogens (tertiary/aromatic N) is 3. The van der Waals surface area contributed by atoms with Gasteiger partial charge in [-0.1, -0.05) is 0 Å². The second kappa shape index (κ2) is 5.27. The maximum Gasteiger partial charge on any atom is 0.430 e. The SMILES string of the molecule is CC=NN1CC(CN2CCOCC2)OC1=O. The molecule has 1 atom stereocenters. The lowest BCUT2D eigenvalue weighted by Gasteiger charge is -2.27. The summed E-state index contributed by atoms with van der Waals surface area (Å²) in [5, 5.41) is 5.30. The van der Waals surface area contributed by atoms with E-state index < -0.39 is 0 Å². The second-order valence-corrected chi connectivity index (χ2v) is 3.87. The van der Waals surface area contributed by atoms with E-state index in [-0.39, 0.29) is 12.2 Å². The van der Waals surface area contributed by atoms with E-state index in [0.29, 0.717) is 6.54 Å². The lowest BCUT2D eigenvalue weighted by atomic mass is 10.3. The summed E-state index contributed by atoms with van der Waals surface area (Å²) in [5.41, 5.74) is 0. The molecule has 90 valence electrons. The van der Waals surface area contributed by atoms with Gasteiger partial charge in [-0.25, -0.2) is 4.79 Å². The van der Waals surface area contributed by atoms with Crippen LogP contribution in [0.3, 0.4) is 0 Å². The Kier molecular flexibility index (Phi) is 3.74. The molecule has 0 bridgehead atoms. The van der Waals surface area contributed by atoms with E-state index in [1.807, 2.05) is 0 Å². The molecule has 0 radical (unpaired) electrons. The summed E-state index contributed by atoms with van der Waals surface area (Å²) >= 11 is 0. The number of hydrazone groups is 1. The van der Waals surface area contributed by atoms with Gasteiger partial charge in [-0.05, 0) is 6.92 Å². The Morgan fingerprint density at radius 1 is 1.50 bits per heavy atom. The average molecular weight is 227 g/mol. The molecule has 2 fully saturated rings. The zero-order valence-corrected chi connectivity index (χ0v) is 9.46. The molecule has 1 unspecified atom stereocenters. The van der Waals surface area contributed by atoms with Gasteiger partial charge < -0.3 is 9.47 Å². The molecule has 2 aliphatic rings. The van der Waals surface area contributed by atoms with E-state index in [9.17, 15) is 4.79 Å². The molecule has 2 aliphatic heterocycles. The largest absolute Gasteiger partial charge is 0.441 e. The Labute approximate surface area is 94.8 Å². The highest BCUT2D eigenvalue weighted by Crippen LogP contribution is 2.13. The number of rotatable bonds is 3. The molecule has 16 heavy (non-hydrogen) atoms. The van der Waals surface area contributed by atoms with Gasteiger partial charge in [-0.15, -0.1) is 0 Å². The van der Waals surface area contributed by atoms with Crippen LogP contribution in [0.1, 0.15) is 6.92 Å². The minimum Gasteiger partial charge on any atom is -0.441 e. The lowest BCUT2D eigenvalue weighted by molar-refractivity contribution is 0.0188. The second-order valence-electron chi connectivity index (χ2n) is 3.87. The van der Waals surface area contributed by atoms with Gasteiger partial charge >= 0.3 is 6.09 Å². The Bertz CT molecular complexity index is 276. The zero-order valence-electron chi connectivity index (χ0n) is 9.46. The van der Waals surface area contributed by atoms with Gasteiger partial charge in [0.05, 0.1) is 19.8 Å². The van der Waals surface area contributed by atoms with E-state index in [1.165, 1.54) is 5.01 Å². The summed E-state index contributed by atoms with van der Waals surface area (Å²) < 4.78 is 10.5. The van der Waals surface area contributed by atoms with E-state index >= 15 is 0 Å².